The van der Waals surface area contributed by atoms with E-state index in [1.807, 2.05) is 12.3 Å². The maximum Gasteiger partial charge on any atom is 0.269 e. The first-order valence-electron chi connectivity index (χ1n) is 10.3. The van der Waals surface area contributed by atoms with E-state index in [0.29, 0.717) is 23.2 Å². The summed E-state index contributed by atoms with van der Waals surface area (Å²) in [5.74, 6) is -0.142. The third-order valence-corrected chi connectivity index (χ3v) is 6.11. The third-order valence-electron chi connectivity index (χ3n) is 5.24. The molecule has 1 aromatic carbocycles. The number of nitro groups is 1. The Balaban J connectivity index is 1.66. The summed E-state index contributed by atoms with van der Waals surface area (Å²) in [6.45, 7) is 2.35. The number of nitrogens with one attached hydrogen (secondary N) is 1. The van der Waals surface area contributed by atoms with E-state index >= 15 is 0 Å². The number of thiazole rings is 1. The number of nitro benzene ring substituents is 1. The highest BCUT2D eigenvalue weighted by Crippen LogP contribution is 2.25. The molecule has 1 aliphatic rings. The van der Waals surface area contributed by atoms with Crippen LogP contribution in [0.3, 0.4) is 0 Å². The molecule has 3 rings (SSSR count). The van der Waals surface area contributed by atoms with Gasteiger partial charge >= 0.3 is 0 Å². The predicted octanol–water partition coefficient (Wildman–Crippen LogP) is 4.42. The number of non-ortho nitro benzene ring substituents is 1. The quantitative estimate of drug-likeness (QED) is 0.370. The number of amides is 2. The number of carbonyl (C=O) groups excluding carboxylic acids is 2. The maximum atomic E-state index is 12.9. The second kappa shape index (κ2) is 10.8. The van der Waals surface area contributed by atoms with Crippen LogP contribution in [0.15, 0.2) is 35.7 Å². The summed E-state index contributed by atoms with van der Waals surface area (Å²) in [6, 6.07) is 5.97. The van der Waals surface area contributed by atoms with E-state index in [9.17, 15) is 19.7 Å². The van der Waals surface area contributed by atoms with Gasteiger partial charge in [-0.1, -0.05) is 19.3 Å². The zero-order valence-corrected chi connectivity index (χ0v) is 18.3. The van der Waals surface area contributed by atoms with Crippen LogP contribution in [0.2, 0.25) is 0 Å². The zero-order valence-electron chi connectivity index (χ0n) is 17.5. The molecular formula is C22H26N4O4S. The highest BCUT2D eigenvalue weighted by atomic mass is 32.1. The summed E-state index contributed by atoms with van der Waals surface area (Å²) >= 11 is 1.35. The largest absolute Gasteiger partial charge is 0.330 e. The fourth-order valence-electron chi connectivity index (χ4n) is 3.64. The van der Waals surface area contributed by atoms with Crippen molar-refractivity contribution in [1.82, 2.24) is 9.88 Å². The van der Waals surface area contributed by atoms with Crippen molar-refractivity contribution < 1.29 is 14.5 Å². The van der Waals surface area contributed by atoms with Crippen LogP contribution in [0.1, 0.15) is 43.4 Å². The average Bonchev–Trinajstić information content (AvgIpc) is 3.16. The van der Waals surface area contributed by atoms with Crippen molar-refractivity contribution in [1.29, 1.82) is 0 Å². The van der Waals surface area contributed by atoms with E-state index in [1.54, 1.807) is 23.1 Å². The Morgan fingerprint density at radius 2 is 1.97 bits per heavy atom. The normalized spacial score (nSPS) is 14.5. The fourth-order valence-corrected chi connectivity index (χ4v) is 4.34. The number of anilines is 1. The Labute approximate surface area is 185 Å². The molecule has 1 aromatic heterocycles. The minimum atomic E-state index is -0.465. The SMILES string of the molecule is Cc1csc(NC(=O)CN(CC2CCCCC2)C(=O)/C=C/c2ccc([N+](=O)[O-])cc2)n1. The van der Waals surface area contributed by atoms with Crippen LogP contribution in [0.4, 0.5) is 10.8 Å². The minimum Gasteiger partial charge on any atom is -0.330 e. The number of aryl methyl sites for hydroxylation is 1. The molecule has 0 bridgehead atoms. The Morgan fingerprint density at radius 3 is 2.58 bits per heavy atom. The molecule has 0 saturated heterocycles. The van der Waals surface area contributed by atoms with Crippen molar-refractivity contribution >= 4 is 40.0 Å². The summed E-state index contributed by atoms with van der Waals surface area (Å²) in [6.07, 6.45) is 8.67. The lowest BCUT2D eigenvalue weighted by atomic mass is 9.89. The van der Waals surface area contributed by atoms with Gasteiger partial charge < -0.3 is 10.2 Å². The molecule has 1 fully saturated rings. The van der Waals surface area contributed by atoms with E-state index in [2.05, 4.69) is 10.3 Å². The molecule has 2 amide bonds. The molecule has 2 aromatic rings. The number of hydrogen-bond acceptors (Lipinski definition) is 6. The molecule has 31 heavy (non-hydrogen) atoms. The Bertz CT molecular complexity index is 949. The Kier molecular flexibility index (Phi) is 7.88. The average molecular weight is 443 g/mol. The molecular weight excluding hydrogens is 416 g/mol. The molecule has 1 aliphatic carbocycles. The molecule has 164 valence electrons. The maximum absolute atomic E-state index is 12.9. The van der Waals surface area contributed by atoms with Gasteiger partial charge in [-0.15, -0.1) is 11.3 Å². The van der Waals surface area contributed by atoms with Gasteiger partial charge in [0.05, 0.1) is 10.6 Å². The van der Waals surface area contributed by atoms with Gasteiger partial charge in [0.1, 0.15) is 6.54 Å². The smallest absolute Gasteiger partial charge is 0.269 e. The van der Waals surface area contributed by atoms with E-state index in [-0.39, 0.29) is 24.0 Å². The van der Waals surface area contributed by atoms with Crippen molar-refractivity contribution in [2.75, 3.05) is 18.4 Å². The number of carbonyl (C=O) groups is 2. The van der Waals surface area contributed by atoms with Crippen LogP contribution < -0.4 is 5.32 Å². The van der Waals surface area contributed by atoms with E-state index in [1.165, 1.54) is 36.0 Å². The molecule has 0 atom stereocenters. The van der Waals surface area contributed by atoms with Crippen LogP contribution >= 0.6 is 11.3 Å². The second-order valence-electron chi connectivity index (χ2n) is 7.75. The molecule has 8 nitrogen and oxygen atoms in total. The third kappa shape index (κ3) is 6.99. The van der Waals surface area contributed by atoms with Gasteiger partial charge in [-0.2, -0.15) is 0 Å². The molecule has 9 heteroatoms. The number of aromatic nitrogens is 1. The highest BCUT2D eigenvalue weighted by molar-refractivity contribution is 7.13. The van der Waals surface area contributed by atoms with Gasteiger partial charge in [-0.25, -0.2) is 4.98 Å². The topological polar surface area (TPSA) is 105 Å². The van der Waals surface area contributed by atoms with Crippen molar-refractivity contribution in [3.05, 3.63) is 57.1 Å². The van der Waals surface area contributed by atoms with Gasteiger partial charge in [0.15, 0.2) is 5.13 Å². The number of nitrogens with zero attached hydrogens (tertiary/aromatic N) is 3. The molecule has 1 heterocycles. The summed E-state index contributed by atoms with van der Waals surface area (Å²) in [5, 5.41) is 15.9. The van der Waals surface area contributed by atoms with Gasteiger partial charge in [0, 0.05) is 30.1 Å². The number of hydrogen-bond donors (Lipinski definition) is 1. The van der Waals surface area contributed by atoms with Gasteiger partial charge in [-0.05, 0) is 49.5 Å². The molecule has 0 spiro atoms. The summed E-state index contributed by atoms with van der Waals surface area (Å²) in [7, 11) is 0. The van der Waals surface area contributed by atoms with Crippen LogP contribution in [0.25, 0.3) is 6.08 Å². The monoisotopic (exact) mass is 442 g/mol. The van der Waals surface area contributed by atoms with Crippen LogP contribution in [-0.2, 0) is 9.59 Å². The summed E-state index contributed by atoms with van der Waals surface area (Å²) < 4.78 is 0. The second-order valence-corrected chi connectivity index (χ2v) is 8.61. The predicted molar refractivity (Wildman–Crippen MR) is 121 cm³/mol. The highest BCUT2D eigenvalue weighted by Gasteiger charge is 2.22. The Hall–Kier alpha value is -3.07. The van der Waals surface area contributed by atoms with Crippen molar-refractivity contribution in [2.24, 2.45) is 5.92 Å². The summed E-state index contributed by atoms with van der Waals surface area (Å²) in [4.78, 5) is 41.5. The first-order valence-corrected chi connectivity index (χ1v) is 11.2. The molecule has 0 radical (unpaired) electrons. The van der Waals surface area contributed by atoms with Crippen LogP contribution in [0, 0.1) is 23.0 Å². The van der Waals surface area contributed by atoms with Crippen LogP contribution in [0.5, 0.6) is 0 Å². The lowest BCUT2D eigenvalue weighted by Crippen LogP contribution is -2.40. The molecule has 0 unspecified atom stereocenters. The van der Waals surface area contributed by atoms with E-state index in [4.69, 9.17) is 0 Å². The van der Waals surface area contributed by atoms with Crippen molar-refractivity contribution in [3.8, 4) is 0 Å². The number of benzene rings is 1. The molecule has 0 aliphatic heterocycles. The van der Waals surface area contributed by atoms with Crippen LogP contribution in [-0.4, -0.2) is 39.7 Å². The lowest BCUT2D eigenvalue weighted by molar-refractivity contribution is -0.384. The fraction of sp³-hybridized carbons (Fsp3) is 0.409. The first kappa shape index (κ1) is 22.6. The van der Waals surface area contributed by atoms with Gasteiger partial charge in [0.25, 0.3) is 5.69 Å². The summed E-state index contributed by atoms with van der Waals surface area (Å²) in [5.41, 5.74) is 1.51. The molecule has 1 N–H and O–H groups in total. The zero-order chi connectivity index (χ0) is 22.2. The molecule has 1 saturated carbocycles. The van der Waals surface area contributed by atoms with Gasteiger partial charge in [0.2, 0.25) is 11.8 Å². The Morgan fingerprint density at radius 1 is 1.26 bits per heavy atom. The number of rotatable bonds is 8. The lowest BCUT2D eigenvalue weighted by Gasteiger charge is -2.28. The minimum absolute atomic E-state index is 0.00324. The van der Waals surface area contributed by atoms with Gasteiger partial charge in [-0.3, -0.25) is 19.7 Å². The van der Waals surface area contributed by atoms with E-state index < -0.39 is 4.92 Å². The van der Waals surface area contributed by atoms with E-state index in [0.717, 1.165) is 31.4 Å². The van der Waals surface area contributed by atoms with Crippen molar-refractivity contribution in [3.63, 3.8) is 0 Å². The standard InChI is InChI=1S/C22H26N4O4S/c1-16-15-31-22(23-16)24-20(27)14-25(13-18-5-3-2-4-6-18)21(28)12-9-17-7-10-19(11-8-17)26(29)30/h7-12,15,18H,2-6,13-14H2,1H3,(H,23,24,27)/b12-9+. The van der Waals surface area contributed by atoms with Crippen molar-refractivity contribution in [2.45, 2.75) is 39.0 Å². The first-order chi connectivity index (χ1) is 14.9.